The summed E-state index contributed by atoms with van der Waals surface area (Å²) in [5.41, 5.74) is 1.25. The molecular weight excluding hydrogens is 292 g/mol. The Morgan fingerprint density at radius 1 is 0.913 bits per heavy atom. The highest BCUT2D eigenvalue weighted by Crippen LogP contribution is 2.21. The van der Waals surface area contributed by atoms with Gasteiger partial charge in [0.2, 0.25) is 0 Å². The van der Waals surface area contributed by atoms with Crippen LogP contribution in [0.15, 0.2) is 30.7 Å². The second kappa shape index (κ2) is 8.26. The van der Waals surface area contributed by atoms with Crippen molar-refractivity contribution in [2.45, 2.75) is 44.7 Å². The van der Waals surface area contributed by atoms with Gasteiger partial charge in [0.15, 0.2) is 0 Å². The van der Waals surface area contributed by atoms with Crippen LogP contribution in [0.4, 0.5) is 0 Å². The zero-order valence-corrected chi connectivity index (χ0v) is 13.8. The minimum atomic E-state index is 0.564. The third-order valence-corrected chi connectivity index (χ3v) is 4.49. The summed E-state index contributed by atoms with van der Waals surface area (Å²) in [6, 6.07) is 5.15. The van der Waals surface area contributed by atoms with Gasteiger partial charge in [-0.25, -0.2) is 0 Å². The predicted octanol–water partition coefficient (Wildman–Crippen LogP) is 2.78. The molecule has 23 heavy (non-hydrogen) atoms. The average Bonchev–Trinajstić information content (AvgIpc) is 3.29. The van der Waals surface area contributed by atoms with Crippen LogP contribution in [0.2, 0.25) is 0 Å². The van der Waals surface area contributed by atoms with Crippen LogP contribution < -0.4 is 0 Å². The fourth-order valence-corrected chi connectivity index (χ4v) is 3.14. The number of hydrogen-bond donors (Lipinski definition) is 0. The molecule has 0 spiro atoms. The van der Waals surface area contributed by atoms with E-state index in [9.17, 15) is 0 Å². The summed E-state index contributed by atoms with van der Waals surface area (Å²) in [4.78, 5) is 0. The molecule has 4 heterocycles. The number of ether oxygens (including phenoxy) is 2. The van der Waals surface area contributed by atoms with Crippen LogP contribution in [-0.4, -0.2) is 46.0 Å². The lowest BCUT2D eigenvalue weighted by Crippen LogP contribution is -2.21. The molecule has 0 bridgehead atoms. The van der Waals surface area contributed by atoms with Crippen molar-refractivity contribution in [3.63, 3.8) is 0 Å². The van der Waals surface area contributed by atoms with E-state index in [1.54, 1.807) is 0 Å². The van der Waals surface area contributed by atoms with Crippen LogP contribution in [0.1, 0.15) is 43.5 Å². The first-order valence-corrected chi connectivity index (χ1v) is 8.49. The van der Waals surface area contributed by atoms with Gasteiger partial charge in [-0.3, -0.25) is 9.36 Å². The van der Waals surface area contributed by atoms with Crippen LogP contribution in [-0.2, 0) is 9.47 Å². The van der Waals surface area contributed by atoms with Crippen molar-refractivity contribution in [1.82, 2.24) is 19.6 Å². The second-order valence-electron chi connectivity index (χ2n) is 6.09. The van der Waals surface area contributed by atoms with Crippen LogP contribution in [0, 0.1) is 6.92 Å². The molecule has 0 aliphatic carbocycles. The molecule has 2 fully saturated rings. The van der Waals surface area contributed by atoms with E-state index in [0.717, 1.165) is 52.1 Å². The third-order valence-electron chi connectivity index (χ3n) is 4.49. The first kappa shape index (κ1) is 16.2. The van der Waals surface area contributed by atoms with Gasteiger partial charge in [0.05, 0.1) is 12.1 Å². The van der Waals surface area contributed by atoms with E-state index in [4.69, 9.17) is 9.47 Å². The minimum Gasteiger partial charge on any atom is -0.381 e. The Kier molecular flexibility index (Phi) is 5.82. The van der Waals surface area contributed by atoms with Gasteiger partial charge >= 0.3 is 0 Å². The van der Waals surface area contributed by atoms with E-state index in [2.05, 4.69) is 27.9 Å². The summed E-state index contributed by atoms with van der Waals surface area (Å²) < 4.78 is 14.7. The summed E-state index contributed by atoms with van der Waals surface area (Å²) in [5.74, 6) is 0. The Labute approximate surface area is 137 Å². The normalized spacial score (nSPS) is 20.0. The van der Waals surface area contributed by atoms with E-state index in [0.29, 0.717) is 12.1 Å². The monoisotopic (exact) mass is 318 g/mol. The van der Waals surface area contributed by atoms with Crippen molar-refractivity contribution in [3.8, 4) is 0 Å². The van der Waals surface area contributed by atoms with Gasteiger partial charge in [0.1, 0.15) is 0 Å². The smallest absolute Gasteiger partial charge is 0.0566 e. The highest BCUT2D eigenvalue weighted by atomic mass is 16.5. The van der Waals surface area contributed by atoms with Gasteiger partial charge in [0.25, 0.3) is 0 Å². The quantitative estimate of drug-likeness (QED) is 0.854. The lowest BCUT2D eigenvalue weighted by Gasteiger charge is -2.23. The van der Waals surface area contributed by atoms with Gasteiger partial charge in [0, 0.05) is 50.7 Å². The van der Waals surface area contributed by atoms with Crippen LogP contribution in [0.25, 0.3) is 0 Å². The molecule has 0 saturated carbocycles. The molecule has 2 saturated heterocycles. The largest absolute Gasteiger partial charge is 0.381 e. The molecule has 2 aliphatic heterocycles. The molecule has 0 radical (unpaired) electrons. The Morgan fingerprint density at radius 3 is 2.09 bits per heavy atom. The SMILES string of the molecule is Cc1ccnn1C1CCOCC1.c1cnn(C2CCOCC2)c1. The molecule has 4 rings (SSSR count). The molecule has 0 N–H and O–H groups in total. The summed E-state index contributed by atoms with van der Waals surface area (Å²) in [6.07, 6.45) is 10.1. The first-order valence-electron chi connectivity index (χ1n) is 8.49. The summed E-state index contributed by atoms with van der Waals surface area (Å²) in [5, 5.41) is 8.50. The van der Waals surface area contributed by atoms with E-state index in [1.165, 1.54) is 5.69 Å². The molecule has 6 heteroatoms. The van der Waals surface area contributed by atoms with Crippen molar-refractivity contribution in [2.24, 2.45) is 0 Å². The highest BCUT2D eigenvalue weighted by molar-refractivity contribution is 4.98. The summed E-state index contributed by atoms with van der Waals surface area (Å²) in [6.45, 7) is 5.62. The first-order chi connectivity index (χ1) is 11.3. The van der Waals surface area contributed by atoms with Crippen molar-refractivity contribution in [1.29, 1.82) is 0 Å². The summed E-state index contributed by atoms with van der Waals surface area (Å²) in [7, 11) is 0. The maximum atomic E-state index is 5.30. The molecule has 2 aromatic heterocycles. The number of hydrogen-bond acceptors (Lipinski definition) is 4. The molecule has 126 valence electrons. The summed E-state index contributed by atoms with van der Waals surface area (Å²) >= 11 is 0. The lowest BCUT2D eigenvalue weighted by molar-refractivity contribution is 0.0656. The number of nitrogens with zero attached hydrogens (tertiary/aromatic N) is 4. The molecule has 2 aromatic rings. The molecule has 0 amide bonds. The van der Waals surface area contributed by atoms with Gasteiger partial charge in [-0.15, -0.1) is 0 Å². The predicted molar refractivity (Wildman–Crippen MR) is 87.4 cm³/mol. The van der Waals surface area contributed by atoms with E-state index in [-0.39, 0.29) is 0 Å². The van der Waals surface area contributed by atoms with Crippen molar-refractivity contribution in [2.75, 3.05) is 26.4 Å². The third kappa shape index (κ3) is 4.42. The van der Waals surface area contributed by atoms with Crippen LogP contribution in [0.5, 0.6) is 0 Å². The minimum absolute atomic E-state index is 0.564. The zero-order valence-electron chi connectivity index (χ0n) is 13.8. The maximum Gasteiger partial charge on any atom is 0.0566 e. The number of rotatable bonds is 2. The maximum absolute atomic E-state index is 5.30. The second-order valence-corrected chi connectivity index (χ2v) is 6.09. The van der Waals surface area contributed by atoms with E-state index >= 15 is 0 Å². The fraction of sp³-hybridized carbons (Fsp3) is 0.647. The molecule has 0 unspecified atom stereocenters. The Balaban J connectivity index is 0.000000136. The van der Waals surface area contributed by atoms with Crippen LogP contribution >= 0.6 is 0 Å². The highest BCUT2D eigenvalue weighted by Gasteiger charge is 2.16. The van der Waals surface area contributed by atoms with E-state index in [1.807, 2.05) is 29.3 Å². The topological polar surface area (TPSA) is 54.1 Å². The Bertz CT molecular complexity index is 555. The average molecular weight is 318 g/mol. The molecule has 6 nitrogen and oxygen atoms in total. The molecule has 0 aromatic carbocycles. The molecular formula is C17H26N4O2. The standard InChI is InChI=1S/C9H14N2O.C8H12N2O/c1-8-2-5-10-11(8)9-3-6-12-7-4-9;1-4-9-10(5-1)8-2-6-11-7-3-8/h2,5,9H,3-4,6-7H2,1H3;1,4-5,8H,2-3,6-7H2. The van der Waals surface area contributed by atoms with Gasteiger partial charge in [-0.2, -0.15) is 10.2 Å². The number of aromatic nitrogens is 4. The van der Waals surface area contributed by atoms with Gasteiger partial charge in [-0.05, 0) is 44.7 Å². The van der Waals surface area contributed by atoms with Crippen LogP contribution in [0.3, 0.4) is 0 Å². The van der Waals surface area contributed by atoms with Gasteiger partial charge in [-0.1, -0.05) is 0 Å². The van der Waals surface area contributed by atoms with Crippen molar-refractivity contribution < 1.29 is 9.47 Å². The molecule has 2 aliphatic rings. The fourth-order valence-electron chi connectivity index (χ4n) is 3.14. The van der Waals surface area contributed by atoms with Gasteiger partial charge < -0.3 is 9.47 Å². The lowest BCUT2D eigenvalue weighted by atomic mass is 10.1. The number of aryl methyl sites for hydroxylation is 1. The zero-order chi connectivity index (χ0) is 15.9. The van der Waals surface area contributed by atoms with Crippen molar-refractivity contribution in [3.05, 3.63) is 36.4 Å². The van der Waals surface area contributed by atoms with E-state index < -0.39 is 0 Å². The molecule has 0 atom stereocenters. The Hall–Kier alpha value is -1.66. The Morgan fingerprint density at radius 2 is 1.57 bits per heavy atom. The van der Waals surface area contributed by atoms with Crippen molar-refractivity contribution >= 4 is 0 Å².